The van der Waals surface area contributed by atoms with Crippen molar-refractivity contribution in [3.63, 3.8) is 0 Å². The summed E-state index contributed by atoms with van der Waals surface area (Å²) in [6.45, 7) is 1.66. The molecule has 0 unspecified atom stereocenters. The Morgan fingerprint density at radius 3 is 2.48 bits per heavy atom. The maximum absolute atomic E-state index is 11.9. The van der Waals surface area contributed by atoms with E-state index >= 15 is 0 Å². The number of benzene rings is 2. The van der Waals surface area contributed by atoms with Crippen LogP contribution >= 0.6 is 11.6 Å². The van der Waals surface area contributed by atoms with E-state index < -0.39 is 5.97 Å². The van der Waals surface area contributed by atoms with Gasteiger partial charge in [-0.1, -0.05) is 60.1 Å². The van der Waals surface area contributed by atoms with Crippen LogP contribution in [0.4, 0.5) is 0 Å². The highest BCUT2D eigenvalue weighted by atomic mass is 35.5. The molecule has 1 amide bonds. The number of halogens is 1. The number of nitrogens with one attached hydrogen (secondary N) is 1. The highest BCUT2D eigenvalue weighted by Crippen LogP contribution is 2.15. The van der Waals surface area contributed by atoms with E-state index in [-0.39, 0.29) is 25.0 Å². The van der Waals surface area contributed by atoms with Crippen LogP contribution in [0.3, 0.4) is 0 Å². The number of esters is 1. The van der Waals surface area contributed by atoms with Crippen molar-refractivity contribution in [2.75, 3.05) is 6.61 Å². The summed E-state index contributed by atoms with van der Waals surface area (Å²) in [5.41, 5.74) is 1.92. The quantitative estimate of drug-likeness (QED) is 0.733. The van der Waals surface area contributed by atoms with Gasteiger partial charge < -0.3 is 10.1 Å². The van der Waals surface area contributed by atoms with Crippen molar-refractivity contribution in [2.45, 2.75) is 32.2 Å². The van der Waals surface area contributed by atoms with Crippen molar-refractivity contribution >= 4 is 23.5 Å². The summed E-state index contributed by atoms with van der Waals surface area (Å²) >= 11 is 6.00. The van der Waals surface area contributed by atoms with Crippen LogP contribution in [0.25, 0.3) is 0 Å². The van der Waals surface area contributed by atoms with Gasteiger partial charge in [0, 0.05) is 11.1 Å². The van der Waals surface area contributed by atoms with Crippen LogP contribution in [0.1, 0.15) is 24.5 Å². The highest BCUT2D eigenvalue weighted by molar-refractivity contribution is 6.31. The first-order chi connectivity index (χ1) is 12.0. The number of carbonyl (C=O) groups is 2. The standard InChI is InChI=1S/C20H22ClNO3/c1-15(11-12-16-7-3-2-4-8-16)22-19(23)14-25-20(24)13-17-9-5-6-10-18(17)21/h2-10,15H,11-14H2,1H3,(H,22,23)/t15-/m0/s1. The normalized spacial score (nSPS) is 11.6. The first-order valence-electron chi connectivity index (χ1n) is 8.27. The minimum atomic E-state index is -0.472. The van der Waals surface area contributed by atoms with Gasteiger partial charge in [0.15, 0.2) is 6.61 Å². The molecule has 0 aromatic heterocycles. The minimum absolute atomic E-state index is 0.00924. The van der Waals surface area contributed by atoms with Crippen LogP contribution in [0, 0.1) is 0 Å². The van der Waals surface area contributed by atoms with Gasteiger partial charge in [0.1, 0.15) is 0 Å². The molecule has 0 saturated heterocycles. The van der Waals surface area contributed by atoms with E-state index in [2.05, 4.69) is 17.4 Å². The number of aryl methyl sites for hydroxylation is 1. The zero-order valence-corrected chi connectivity index (χ0v) is 15.0. The van der Waals surface area contributed by atoms with Gasteiger partial charge in [-0.3, -0.25) is 9.59 Å². The molecule has 0 spiro atoms. The van der Waals surface area contributed by atoms with Crippen LogP contribution in [0.15, 0.2) is 54.6 Å². The van der Waals surface area contributed by atoms with Crippen LogP contribution in [0.5, 0.6) is 0 Å². The van der Waals surface area contributed by atoms with Crippen molar-refractivity contribution in [3.05, 3.63) is 70.7 Å². The van der Waals surface area contributed by atoms with Gasteiger partial charge in [0.25, 0.3) is 5.91 Å². The molecule has 1 N–H and O–H groups in total. The Hall–Kier alpha value is -2.33. The molecule has 1 atom stereocenters. The van der Waals surface area contributed by atoms with Crippen LogP contribution < -0.4 is 5.32 Å². The smallest absolute Gasteiger partial charge is 0.310 e. The van der Waals surface area contributed by atoms with Gasteiger partial charge in [-0.15, -0.1) is 0 Å². The molecule has 0 aliphatic rings. The second-order valence-corrected chi connectivity index (χ2v) is 6.33. The second-order valence-electron chi connectivity index (χ2n) is 5.92. The van der Waals surface area contributed by atoms with E-state index in [0.29, 0.717) is 10.6 Å². The number of carbonyl (C=O) groups excluding carboxylic acids is 2. The van der Waals surface area contributed by atoms with Gasteiger partial charge in [-0.05, 0) is 37.0 Å². The summed E-state index contributed by atoms with van der Waals surface area (Å²) in [6, 6.07) is 17.2. The summed E-state index contributed by atoms with van der Waals surface area (Å²) in [7, 11) is 0. The molecular formula is C20H22ClNO3. The van der Waals surface area contributed by atoms with Crippen LogP contribution in [-0.4, -0.2) is 24.5 Å². The topological polar surface area (TPSA) is 55.4 Å². The average Bonchev–Trinajstić information content (AvgIpc) is 2.61. The fraction of sp³-hybridized carbons (Fsp3) is 0.300. The van der Waals surface area contributed by atoms with E-state index in [0.717, 1.165) is 12.8 Å². The van der Waals surface area contributed by atoms with Crippen molar-refractivity contribution in [1.29, 1.82) is 0 Å². The molecule has 4 nitrogen and oxygen atoms in total. The largest absolute Gasteiger partial charge is 0.455 e. The van der Waals surface area contributed by atoms with E-state index in [4.69, 9.17) is 16.3 Å². The third-order valence-electron chi connectivity index (χ3n) is 3.77. The monoisotopic (exact) mass is 359 g/mol. The minimum Gasteiger partial charge on any atom is -0.455 e. The second kappa shape index (κ2) is 9.84. The molecule has 0 aliphatic heterocycles. The molecule has 2 aromatic carbocycles. The van der Waals surface area contributed by atoms with Crippen LogP contribution in [-0.2, 0) is 27.2 Å². The lowest BCUT2D eigenvalue weighted by atomic mass is 10.1. The first-order valence-corrected chi connectivity index (χ1v) is 8.64. The number of rotatable bonds is 8. The molecule has 0 heterocycles. The summed E-state index contributed by atoms with van der Waals surface area (Å²) in [4.78, 5) is 23.7. The predicted molar refractivity (Wildman–Crippen MR) is 98.5 cm³/mol. The van der Waals surface area contributed by atoms with Gasteiger partial charge in [0.05, 0.1) is 6.42 Å². The molecule has 0 aliphatic carbocycles. The zero-order valence-electron chi connectivity index (χ0n) is 14.2. The molecule has 0 bridgehead atoms. The Morgan fingerprint density at radius 2 is 1.76 bits per heavy atom. The maximum atomic E-state index is 11.9. The first kappa shape index (κ1) is 19.0. The highest BCUT2D eigenvalue weighted by Gasteiger charge is 2.12. The van der Waals surface area contributed by atoms with Crippen molar-refractivity contribution in [2.24, 2.45) is 0 Å². The predicted octanol–water partition coefficient (Wildman–Crippen LogP) is 3.56. The molecular weight excluding hydrogens is 338 g/mol. The Morgan fingerprint density at radius 1 is 1.08 bits per heavy atom. The molecule has 0 radical (unpaired) electrons. The molecule has 25 heavy (non-hydrogen) atoms. The lowest BCUT2D eigenvalue weighted by Crippen LogP contribution is -2.36. The molecule has 2 rings (SSSR count). The van der Waals surface area contributed by atoms with Crippen molar-refractivity contribution in [1.82, 2.24) is 5.32 Å². The van der Waals surface area contributed by atoms with Crippen molar-refractivity contribution in [3.8, 4) is 0 Å². The number of hydrogen-bond donors (Lipinski definition) is 1. The number of ether oxygens (including phenoxy) is 1. The Labute approximate surface area is 153 Å². The molecule has 132 valence electrons. The third-order valence-corrected chi connectivity index (χ3v) is 4.14. The summed E-state index contributed by atoms with van der Waals surface area (Å²) in [5, 5.41) is 3.35. The average molecular weight is 360 g/mol. The Balaban J connectivity index is 1.67. The maximum Gasteiger partial charge on any atom is 0.310 e. The van der Waals surface area contributed by atoms with Crippen LogP contribution in [0.2, 0.25) is 5.02 Å². The van der Waals surface area contributed by atoms with Gasteiger partial charge in [0.2, 0.25) is 0 Å². The molecule has 5 heteroatoms. The molecule has 2 aromatic rings. The number of hydrogen-bond acceptors (Lipinski definition) is 3. The third kappa shape index (κ3) is 6.98. The van der Waals surface area contributed by atoms with Gasteiger partial charge in [-0.2, -0.15) is 0 Å². The van der Waals surface area contributed by atoms with E-state index in [1.54, 1.807) is 24.3 Å². The van der Waals surface area contributed by atoms with E-state index in [9.17, 15) is 9.59 Å². The molecule has 0 fully saturated rings. The summed E-state index contributed by atoms with van der Waals surface area (Å²) < 4.78 is 5.02. The van der Waals surface area contributed by atoms with Crippen molar-refractivity contribution < 1.29 is 14.3 Å². The Bertz CT molecular complexity index is 703. The van der Waals surface area contributed by atoms with Gasteiger partial charge >= 0.3 is 5.97 Å². The summed E-state index contributed by atoms with van der Waals surface area (Å²) in [5.74, 6) is -0.770. The fourth-order valence-corrected chi connectivity index (χ4v) is 2.61. The summed E-state index contributed by atoms with van der Waals surface area (Å²) in [6.07, 6.45) is 1.76. The Kier molecular flexibility index (Phi) is 7.48. The fourth-order valence-electron chi connectivity index (χ4n) is 2.41. The number of amides is 1. The van der Waals surface area contributed by atoms with Gasteiger partial charge in [-0.25, -0.2) is 0 Å². The van der Waals surface area contributed by atoms with E-state index in [1.807, 2.05) is 25.1 Å². The zero-order chi connectivity index (χ0) is 18.1. The molecule has 0 saturated carbocycles. The lowest BCUT2D eigenvalue weighted by molar-refractivity contribution is -0.148. The SMILES string of the molecule is C[C@@H](CCc1ccccc1)NC(=O)COC(=O)Cc1ccccc1Cl. The lowest BCUT2D eigenvalue weighted by Gasteiger charge is -2.14. The van der Waals surface area contributed by atoms with E-state index in [1.165, 1.54) is 5.56 Å².